The number of ether oxygens (including phenoxy) is 1. The van der Waals surface area contributed by atoms with Crippen LogP contribution in [-0.2, 0) is 0 Å². The van der Waals surface area contributed by atoms with E-state index in [-0.39, 0.29) is 17.1 Å². The Morgan fingerprint density at radius 3 is 3.18 bits per heavy atom. The lowest BCUT2D eigenvalue weighted by Crippen LogP contribution is -2.43. The Morgan fingerprint density at radius 1 is 1.36 bits per heavy atom. The van der Waals surface area contributed by atoms with Gasteiger partial charge in [-0.25, -0.2) is 13.8 Å². The van der Waals surface area contributed by atoms with Crippen molar-refractivity contribution in [1.29, 1.82) is 0 Å². The minimum Gasteiger partial charge on any atom is -0.461 e. The average molecular weight is 306 g/mol. The minimum absolute atomic E-state index is 0.126. The molecule has 0 saturated carbocycles. The van der Waals surface area contributed by atoms with Gasteiger partial charge in [0, 0.05) is 30.7 Å². The molecule has 0 bridgehead atoms. The van der Waals surface area contributed by atoms with E-state index in [9.17, 15) is 8.78 Å². The molecule has 4 rings (SSSR count). The molecule has 116 valence electrons. The predicted octanol–water partition coefficient (Wildman–Crippen LogP) is 2.12. The summed E-state index contributed by atoms with van der Waals surface area (Å²) in [5.74, 6) is -0.505. The molecule has 5 nitrogen and oxygen atoms in total. The molecule has 0 amide bonds. The first kappa shape index (κ1) is 13.8. The van der Waals surface area contributed by atoms with Crippen LogP contribution in [0.3, 0.4) is 0 Å². The summed E-state index contributed by atoms with van der Waals surface area (Å²) in [4.78, 5) is 14.1. The van der Waals surface area contributed by atoms with Gasteiger partial charge in [0.2, 0.25) is 0 Å². The number of hydrogen-bond donors (Lipinski definition) is 0. The van der Waals surface area contributed by atoms with Gasteiger partial charge in [0.1, 0.15) is 18.3 Å². The smallest absolute Gasteiger partial charge is 0.317 e. The van der Waals surface area contributed by atoms with Gasteiger partial charge in [-0.2, -0.15) is 4.98 Å². The van der Waals surface area contributed by atoms with Crippen molar-refractivity contribution >= 4 is 10.9 Å². The zero-order chi connectivity index (χ0) is 15.2. The maximum Gasteiger partial charge on any atom is 0.317 e. The fraction of sp³-hybridized carbons (Fsp3) is 0.533. The molecule has 7 heteroatoms. The van der Waals surface area contributed by atoms with Crippen LogP contribution in [0.15, 0.2) is 18.6 Å². The maximum atomic E-state index is 13.7. The summed E-state index contributed by atoms with van der Waals surface area (Å²) in [6.45, 7) is 1.72. The molecule has 2 aliphatic rings. The third kappa shape index (κ3) is 2.20. The van der Waals surface area contributed by atoms with Crippen LogP contribution in [0.1, 0.15) is 19.3 Å². The second kappa shape index (κ2) is 5.08. The summed E-state index contributed by atoms with van der Waals surface area (Å²) in [6.07, 6.45) is 5.76. The van der Waals surface area contributed by atoms with Crippen molar-refractivity contribution < 1.29 is 13.5 Å². The van der Waals surface area contributed by atoms with Gasteiger partial charge in [-0.15, -0.1) is 0 Å². The van der Waals surface area contributed by atoms with E-state index >= 15 is 0 Å². The summed E-state index contributed by atoms with van der Waals surface area (Å²) >= 11 is 0. The van der Waals surface area contributed by atoms with Crippen LogP contribution in [0, 0.1) is 5.82 Å². The van der Waals surface area contributed by atoms with Crippen molar-refractivity contribution in [3.63, 3.8) is 0 Å². The third-order valence-corrected chi connectivity index (χ3v) is 4.65. The van der Waals surface area contributed by atoms with Gasteiger partial charge >= 0.3 is 6.01 Å². The Hall–Kier alpha value is -1.89. The number of pyridine rings is 1. The fourth-order valence-corrected chi connectivity index (χ4v) is 3.62. The Bertz CT molecular complexity index is 713. The van der Waals surface area contributed by atoms with E-state index in [2.05, 4.69) is 19.9 Å². The standard InChI is InChI=1S/C15H16F2N4O/c16-11-4-15(2-1-3-21(15)8-11)9-22-14-19-6-10-5-18-7-12(17)13(10)20-14/h5-7,11H,1-4,8-9H2. The van der Waals surface area contributed by atoms with E-state index in [1.54, 1.807) is 0 Å². The number of hydrogen-bond acceptors (Lipinski definition) is 5. The second-order valence-corrected chi connectivity index (χ2v) is 6.08. The zero-order valence-electron chi connectivity index (χ0n) is 12.0. The molecule has 22 heavy (non-hydrogen) atoms. The molecule has 2 aromatic rings. The Morgan fingerprint density at radius 2 is 2.27 bits per heavy atom. The van der Waals surface area contributed by atoms with E-state index in [4.69, 9.17) is 4.74 Å². The Labute approximate surface area is 126 Å². The lowest BCUT2D eigenvalue weighted by atomic mass is 9.95. The number of aromatic nitrogens is 3. The number of rotatable bonds is 3. The molecule has 2 atom stereocenters. The van der Waals surface area contributed by atoms with Crippen molar-refractivity contribution in [2.45, 2.75) is 31.0 Å². The molecule has 2 saturated heterocycles. The van der Waals surface area contributed by atoms with Gasteiger partial charge in [0.25, 0.3) is 0 Å². The quantitative estimate of drug-likeness (QED) is 0.869. The highest BCUT2D eigenvalue weighted by Gasteiger charge is 2.49. The van der Waals surface area contributed by atoms with Crippen LogP contribution < -0.4 is 4.74 Å². The van der Waals surface area contributed by atoms with Crippen LogP contribution in [0.5, 0.6) is 6.01 Å². The number of halogens is 2. The highest BCUT2D eigenvalue weighted by Crippen LogP contribution is 2.40. The van der Waals surface area contributed by atoms with Crippen LogP contribution in [0.25, 0.3) is 10.9 Å². The second-order valence-electron chi connectivity index (χ2n) is 6.08. The highest BCUT2D eigenvalue weighted by atomic mass is 19.1. The molecule has 0 aromatic carbocycles. The monoisotopic (exact) mass is 306 g/mol. The van der Waals surface area contributed by atoms with E-state index in [1.165, 1.54) is 12.4 Å². The van der Waals surface area contributed by atoms with Crippen molar-refractivity contribution in [1.82, 2.24) is 19.9 Å². The number of fused-ring (bicyclic) bond motifs is 2. The molecule has 2 fully saturated rings. The van der Waals surface area contributed by atoms with E-state index in [0.29, 0.717) is 25.0 Å². The van der Waals surface area contributed by atoms with Crippen molar-refractivity contribution in [2.75, 3.05) is 19.7 Å². The predicted molar refractivity (Wildman–Crippen MR) is 75.8 cm³/mol. The first-order valence-corrected chi connectivity index (χ1v) is 7.44. The fourth-order valence-electron chi connectivity index (χ4n) is 3.62. The minimum atomic E-state index is -0.801. The van der Waals surface area contributed by atoms with Crippen molar-refractivity contribution in [3.05, 3.63) is 24.4 Å². The number of alkyl halides is 1. The van der Waals surface area contributed by atoms with E-state index in [0.717, 1.165) is 25.6 Å². The van der Waals surface area contributed by atoms with E-state index in [1.807, 2.05) is 0 Å². The average Bonchev–Trinajstić information content (AvgIpc) is 3.01. The van der Waals surface area contributed by atoms with Gasteiger partial charge in [-0.1, -0.05) is 0 Å². The molecular weight excluding hydrogens is 290 g/mol. The summed E-state index contributed by atoms with van der Waals surface area (Å²) in [6, 6.07) is 0.126. The molecule has 4 heterocycles. The Kier molecular flexibility index (Phi) is 3.18. The van der Waals surface area contributed by atoms with Gasteiger partial charge in [-0.05, 0) is 19.4 Å². The molecule has 0 N–H and O–H groups in total. The summed E-state index contributed by atoms with van der Waals surface area (Å²) in [5, 5.41) is 0.526. The van der Waals surface area contributed by atoms with Crippen LogP contribution in [0.4, 0.5) is 8.78 Å². The normalized spacial score (nSPS) is 28.2. The van der Waals surface area contributed by atoms with Crippen molar-refractivity contribution in [2.24, 2.45) is 0 Å². The molecule has 0 aliphatic carbocycles. The Balaban J connectivity index is 1.55. The highest BCUT2D eigenvalue weighted by molar-refractivity contribution is 5.77. The van der Waals surface area contributed by atoms with Crippen LogP contribution >= 0.6 is 0 Å². The SMILES string of the molecule is Fc1cncc2cnc(OCC34CCCN3CC(F)C4)nc12. The van der Waals surface area contributed by atoms with E-state index < -0.39 is 12.0 Å². The van der Waals surface area contributed by atoms with Crippen molar-refractivity contribution in [3.8, 4) is 6.01 Å². The summed E-state index contributed by atoms with van der Waals surface area (Å²) < 4.78 is 33.1. The summed E-state index contributed by atoms with van der Waals surface area (Å²) in [7, 11) is 0. The molecule has 2 aromatic heterocycles. The lowest BCUT2D eigenvalue weighted by Gasteiger charge is -2.30. The third-order valence-electron chi connectivity index (χ3n) is 4.65. The van der Waals surface area contributed by atoms with Gasteiger partial charge in [0.05, 0.1) is 11.7 Å². The topological polar surface area (TPSA) is 51.1 Å². The first-order valence-electron chi connectivity index (χ1n) is 7.44. The summed E-state index contributed by atoms with van der Waals surface area (Å²) in [5.41, 5.74) is -0.0651. The van der Waals surface area contributed by atoms with Gasteiger partial charge < -0.3 is 4.74 Å². The molecule has 0 spiro atoms. The maximum absolute atomic E-state index is 13.7. The molecule has 2 unspecified atom stereocenters. The lowest BCUT2D eigenvalue weighted by molar-refractivity contribution is 0.107. The molecular formula is C15H16F2N4O. The number of nitrogens with zero attached hydrogens (tertiary/aromatic N) is 4. The first-order chi connectivity index (χ1) is 10.7. The molecule has 2 aliphatic heterocycles. The largest absolute Gasteiger partial charge is 0.461 e. The van der Waals surface area contributed by atoms with Gasteiger partial charge in [0.15, 0.2) is 5.82 Å². The zero-order valence-corrected chi connectivity index (χ0v) is 12.0. The van der Waals surface area contributed by atoms with Gasteiger partial charge in [-0.3, -0.25) is 9.88 Å². The van der Waals surface area contributed by atoms with Crippen LogP contribution in [0.2, 0.25) is 0 Å². The van der Waals surface area contributed by atoms with Crippen LogP contribution in [-0.4, -0.2) is 51.3 Å². The molecule has 0 radical (unpaired) electrons.